The second-order valence-corrected chi connectivity index (χ2v) is 12.5. The quantitative estimate of drug-likeness (QED) is 0.428. The van der Waals surface area contributed by atoms with Crippen molar-refractivity contribution in [3.8, 4) is 0 Å². The van der Waals surface area contributed by atoms with Crippen LogP contribution in [0.3, 0.4) is 0 Å². The Kier molecular flexibility index (Phi) is 8.12. The fourth-order valence-corrected chi connectivity index (χ4v) is 9.18. The maximum atomic E-state index is 14.4. The number of para-hydroxylation sites is 1. The second-order valence-electron chi connectivity index (χ2n) is 10.2. The number of halogens is 1. The Hall–Kier alpha value is -2.29. The molecular weight excluding hydrogens is 510 g/mol. The summed E-state index contributed by atoms with van der Waals surface area (Å²) in [6.07, 6.45) is 5.52. The van der Waals surface area contributed by atoms with E-state index in [1.807, 2.05) is 13.0 Å². The number of aliphatic hydroxyl groups is 1. The van der Waals surface area contributed by atoms with E-state index in [9.17, 15) is 19.5 Å². The van der Waals surface area contributed by atoms with Crippen molar-refractivity contribution in [3.63, 3.8) is 0 Å². The standard InChI is InChI=1S/C28H36ClN3O4S/c1-5-14-30(15-6-2)24(34)21-22-25(35)32(17-18-33)23(28(22)13-12-27(21,4)37-28)26(36)31(16-7-3)20-11-9-8-10-19(20)29/h5,7-11,21-23,33H,1,3,6,12-18H2,2,4H3/t21-,22+,23?,27+,28?/m1/s1. The first-order chi connectivity index (χ1) is 17.7. The molecule has 3 saturated heterocycles. The first kappa shape index (κ1) is 27.7. The first-order valence-corrected chi connectivity index (χ1v) is 14.1. The van der Waals surface area contributed by atoms with E-state index in [0.29, 0.717) is 30.2 Å². The number of likely N-dealkylation sites (tertiary alicyclic amines) is 1. The molecule has 3 amide bonds. The topological polar surface area (TPSA) is 81.2 Å². The molecule has 200 valence electrons. The van der Waals surface area contributed by atoms with Crippen molar-refractivity contribution in [1.29, 1.82) is 0 Å². The van der Waals surface area contributed by atoms with Crippen LogP contribution < -0.4 is 4.90 Å². The van der Waals surface area contributed by atoms with Crippen molar-refractivity contribution >= 4 is 46.8 Å². The van der Waals surface area contributed by atoms with Crippen LogP contribution in [0.2, 0.25) is 5.02 Å². The molecule has 1 aromatic rings. The molecule has 37 heavy (non-hydrogen) atoms. The summed E-state index contributed by atoms with van der Waals surface area (Å²) < 4.78 is -1.22. The Morgan fingerprint density at radius 2 is 1.92 bits per heavy atom. The van der Waals surface area contributed by atoms with Crippen LogP contribution in [-0.2, 0) is 14.4 Å². The molecule has 1 spiro atoms. The molecule has 9 heteroatoms. The number of aliphatic hydroxyl groups excluding tert-OH is 1. The number of benzene rings is 1. The largest absolute Gasteiger partial charge is 0.395 e. The Labute approximate surface area is 228 Å². The Bertz CT molecular complexity index is 1100. The van der Waals surface area contributed by atoms with Crippen LogP contribution in [0.15, 0.2) is 49.6 Å². The third kappa shape index (κ3) is 4.41. The second kappa shape index (κ2) is 10.8. The molecule has 0 saturated carbocycles. The van der Waals surface area contributed by atoms with Crippen LogP contribution in [0, 0.1) is 11.8 Å². The van der Waals surface area contributed by atoms with Crippen LogP contribution in [0.4, 0.5) is 5.69 Å². The number of rotatable bonds is 11. The number of nitrogens with zero attached hydrogens (tertiary/aromatic N) is 3. The number of carbonyl (C=O) groups is 3. The number of amides is 3. The SMILES string of the molecule is C=CCN(CCC)C(=O)[C@H]1[C@H]2C(=O)N(CCO)C(C(=O)N(CC=C)c3ccccc3Cl)C23CC[C@]1(C)S3. The summed E-state index contributed by atoms with van der Waals surface area (Å²) in [6, 6.07) is 6.28. The lowest BCUT2D eigenvalue weighted by Crippen LogP contribution is -2.55. The van der Waals surface area contributed by atoms with Crippen LogP contribution in [0.25, 0.3) is 0 Å². The number of anilines is 1. The molecule has 2 unspecified atom stereocenters. The Balaban J connectivity index is 1.80. The van der Waals surface area contributed by atoms with Gasteiger partial charge in [0.2, 0.25) is 11.8 Å². The van der Waals surface area contributed by atoms with E-state index in [1.165, 1.54) is 4.90 Å². The van der Waals surface area contributed by atoms with Crippen molar-refractivity contribution in [2.75, 3.05) is 37.7 Å². The lowest BCUT2D eigenvalue weighted by molar-refractivity contribution is -0.145. The minimum absolute atomic E-state index is 0.0292. The molecule has 1 aromatic carbocycles. The summed E-state index contributed by atoms with van der Waals surface area (Å²) in [5, 5.41) is 10.3. The molecule has 2 bridgehead atoms. The first-order valence-electron chi connectivity index (χ1n) is 12.9. The predicted octanol–water partition coefficient (Wildman–Crippen LogP) is 3.76. The van der Waals surface area contributed by atoms with Gasteiger partial charge in [-0.15, -0.1) is 24.9 Å². The van der Waals surface area contributed by atoms with Gasteiger partial charge in [-0.3, -0.25) is 14.4 Å². The normalized spacial score (nSPS) is 29.8. The maximum Gasteiger partial charge on any atom is 0.251 e. The minimum atomic E-state index is -0.822. The summed E-state index contributed by atoms with van der Waals surface area (Å²) in [7, 11) is 0. The molecule has 3 aliphatic rings. The predicted molar refractivity (Wildman–Crippen MR) is 149 cm³/mol. The van der Waals surface area contributed by atoms with Gasteiger partial charge in [0, 0.05) is 30.9 Å². The fraction of sp³-hybridized carbons (Fsp3) is 0.536. The third-order valence-corrected chi connectivity index (χ3v) is 10.3. The van der Waals surface area contributed by atoms with E-state index < -0.39 is 27.4 Å². The molecule has 3 fully saturated rings. The van der Waals surface area contributed by atoms with Gasteiger partial charge in [0.1, 0.15) is 6.04 Å². The van der Waals surface area contributed by atoms with Gasteiger partial charge in [0.15, 0.2) is 0 Å². The molecule has 1 N–H and O–H groups in total. The molecule has 0 radical (unpaired) electrons. The minimum Gasteiger partial charge on any atom is -0.395 e. The zero-order valence-electron chi connectivity index (χ0n) is 21.6. The number of hydrogen-bond donors (Lipinski definition) is 1. The maximum absolute atomic E-state index is 14.4. The average Bonchev–Trinajstić information content (AvgIpc) is 3.43. The van der Waals surface area contributed by atoms with E-state index >= 15 is 0 Å². The monoisotopic (exact) mass is 545 g/mol. The molecule has 0 aromatic heterocycles. The summed E-state index contributed by atoms with van der Waals surface area (Å²) in [5.41, 5.74) is 0.543. The number of hydrogen-bond acceptors (Lipinski definition) is 5. The summed E-state index contributed by atoms with van der Waals surface area (Å²) >= 11 is 8.11. The van der Waals surface area contributed by atoms with E-state index in [0.717, 1.165) is 12.8 Å². The molecule has 7 nitrogen and oxygen atoms in total. The summed E-state index contributed by atoms with van der Waals surface area (Å²) in [5.74, 6) is -1.72. The highest BCUT2D eigenvalue weighted by Gasteiger charge is 2.77. The zero-order valence-corrected chi connectivity index (χ0v) is 23.1. The van der Waals surface area contributed by atoms with Crippen LogP contribution in [0.1, 0.15) is 33.1 Å². The van der Waals surface area contributed by atoms with Crippen molar-refractivity contribution in [2.24, 2.45) is 11.8 Å². The Morgan fingerprint density at radius 3 is 2.54 bits per heavy atom. The van der Waals surface area contributed by atoms with Gasteiger partial charge in [-0.2, -0.15) is 0 Å². The van der Waals surface area contributed by atoms with Crippen LogP contribution in [0.5, 0.6) is 0 Å². The molecule has 3 aliphatic heterocycles. The van der Waals surface area contributed by atoms with Crippen LogP contribution in [-0.4, -0.2) is 80.9 Å². The number of β-amino-alcohol motifs (C(OH)–C–C–N with tert-alkyl or cyclic N) is 1. The molecule has 5 atom stereocenters. The molecule has 0 aliphatic carbocycles. The zero-order chi connectivity index (χ0) is 27.0. The highest BCUT2D eigenvalue weighted by atomic mass is 35.5. The van der Waals surface area contributed by atoms with Gasteiger partial charge >= 0.3 is 0 Å². The third-order valence-electron chi connectivity index (χ3n) is 7.99. The molecule has 4 rings (SSSR count). The van der Waals surface area contributed by atoms with E-state index in [2.05, 4.69) is 20.1 Å². The van der Waals surface area contributed by atoms with Gasteiger partial charge in [-0.25, -0.2) is 0 Å². The summed E-state index contributed by atoms with van der Waals surface area (Å²) in [6.45, 7) is 12.7. The van der Waals surface area contributed by atoms with Crippen molar-refractivity contribution in [1.82, 2.24) is 9.80 Å². The highest BCUT2D eigenvalue weighted by molar-refractivity contribution is 8.02. The van der Waals surface area contributed by atoms with Gasteiger partial charge < -0.3 is 19.8 Å². The van der Waals surface area contributed by atoms with E-state index in [4.69, 9.17) is 11.6 Å². The average molecular weight is 546 g/mol. The number of thioether (sulfide) groups is 1. The van der Waals surface area contributed by atoms with Gasteiger partial charge in [0.05, 0.1) is 33.9 Å². The Morgan fingerprint density at radius 1 is 1.22 bits per heavy atom. The molecule has 3 heterocycles. The van der Waals surface area contributed by atoms with Gasteiger partial charge in [-0.05, 0) is 38.3 Å². The number of fused-ring (bicyclic) bond motifs is 1. The highest BCUT2D eigenvalue weighted by Crippen LogP contribution is 2.71. The lowest BCUT2D eigenvalue weighted by atomic mass is 9.66. The van der Waals surface area contributed by atoms with Gasteiger partial charge in [-0.1, -0.05) is 42.8 Å². The van der Waals surface area contributed by atoms with Crippen molar-refractivity contribution in [3.05, 3.63) is 54.6 Å². The van der Waals surface area contributed by atoms with Crippen molar-refractivity contribution in [2.45, 2.75) is 48.6 Å². The lowest BCUT2D eigenvalue weighted by Gasteiger charge is -2.38. The van der Waals surface area contributed by atoms with Gasteiger partial charge in [0.25, 0.3) is 5.91 Å². The van der Waals surface area contributed by atoms with Crippen molar-refractivity contribution < 1.29 is 19.5 Å². The smallest absolute Gasteiger partial charge is 0.251 e. The van der Waals surface area contributed by atoms with E-state index in [1.54, 1.807) is 51.9 Å². The van der Waals surface area contributed by atoms with E-state index in [-0.39, 0.29) is 37.4 Å². The summed E-state index contributed by atoms with van der Waals surface area (Å²) in [4.78, 5) is 47.3. The van der Waals surface area contributed by atoms with Crippen LogP contribution >= 0.6 is 23.4 Å². The molecular formula is C28H36ClN3O4S. The fourth-order valence-electron chi connectivity index (χ4n) is 6.60. The number of carbonyl (C=O) groups excluding carboxylic acids is 3.